The number of guanidine groups is 1. The summed E-state index contributed by atoms with van der Waals surface area (Å²) in [6, 6.07) is 3.86. The number of hydrogen-bond donors (Lipinski definition) is 2. The van der Waals surface area contributed by atoms with Crippen LogP contribution >= 0.6 is 0 Å². The van der Waals surface area contributed by atoms with Crippen molar-refractivity contribution in [1.82, 2.24) is 15.6 Å². The van der Waals surface area contributed by atoms with E-state index in [1.54, 1.807) is 14.2 Å². The number of aromatic nitrogens is 1. The van der Waals surface area contributed by atoms with E-state index in [0.717, 1.165) is 31.1 Å². The molecule has 140 valence electrons. The zero-order valence-electron chi connectivity index (χ0n) is 16.1. The first-order chi connectivity index (χ1) is 11.9. The molecular weight excluding hydrogens is 316 g/mol. The minimum atomic E-state index is 0.151. The topological polar surface area (TPSA) is 67.8 Å². The third kappa shape index (κ3) is 5.88. The van der Waals surface area contributed by atoms with E-state index in [-0.39, 0.29) is 11.5 Å². The van der Waals surface area contributed by atoms with Crippen LogP contribution in [-0.2, 0) is 11.3 Å². The van der Waals surface area contributed by atoms with Crippen molar-refractivity contribution < 1.29 is 9.47 Å². The van der Waals surface area contributed by atoms with Gasteiger partial charge >= 0.3 is 0 Å². The van der Waals surface area contributed by atoms with Gasteiger partial charge in [-0.25, -0.2) is 4.98 Å². The highest BCUT2D eigenvalue weighted by Crippen LogP contribution is 2.33. The number of rotatable bonds is 5. The molecule has 2 rings (SSSR count). The largest absolute Gasteiger partial charge is 0.481 e. The second kappa shape index (κ2) is 9.04. The zero-order valence-corrected chi connectivity index (χ0v) is 16.1. The number of ether oxygens (including phenoxy) is 2. The molecule has 0 aromatic carbocycles. The second-order valence-corrected chi connectivity index (χ2v) is 7.58. The summed E-state index contributed by atoms with van der Waals surface area (Å²) in [5.41, 5.74) is 1.23. The molecule has 1 aliphatic rings. The van der Waals surface area contributed by atoms with Gasteiger partial charge in [-0.15, -0.1) is 0 Å². The maximum atomic E-state index is 6.05. The summed E-state index contributed by atoms with van der Waals surface area (Å²) in [4.78, 5) is 8.54. The number of nitrogens with zero attached hydrogens (tertiary/aromatic N) is 2. The lowest BCUT2D eigenvalue weighted by molar-refractivity contribution is -0.0835. The van der Waals surface area contributed by atoms with E-state index < -0.39 is 0 Å². The van der Waals surface area contributed by atoms with Crippen LogP contribution in [0.3, 0.4) is 0 Å². The van der Waals surface area contributed by atoms with Gasteiger partial charge in [-0.05, 0) is 23.8 Å². The molecule has 1 aliphatic heterocycles. The number of aliphatic imine (C=N–C) groups is 1. The molecule has 2 heterocycles. The quantitative estimate of drug-likeness (QED) is 0.632. The highest BCUT2D eigenvalue weighted by atomic mass is 16.5. The Kier molecular flexibility index (Phi) is 7.05. The Morgan fingerprint density at radius 2 is 2.16 bits per heavy atom. The van der Waals surface area contributed by atoms with E-state index in [0.29, 0.717) is 18.3 Å². The van der Waals surface area contributed by atoms with Gasteiger partial charge in [-0.3, -0.25) is 4.99 Å². The number of hydrogen-bond acceptors (Lipinski definition) is 4. The smallest absolute Gasteiger partial charge is 0.212 e. The van der Waals surface area contributed by atoms with Crippen LogP contribution in [0.15, 0.2) is 23.3 Å². The fourth-order valence-corrected chi connectivity index (χ4v) is 3.28. The molecule has 1 saturated heterocycles. The van der Waals surface area contributed by atoms with Crippen molar-refractivity contribution in [2.75, 3.05) is 27.3 Å². The zero-order chi connectivity index (χ0) is 18.3. The first-order valence-electron chi connectivity index (χ1n) is 8.99. The normalized spacial score (nSPS) is 21.7. The van der Waals surface area contributed by atoms with Crippen molar-refractivity contribution >= 4 is 5.96 Å². The highest BCUT2D eigenvalue weighted by Gasteiger charge is 2.35. The van der Waals surface area contributed by atoms with Gasteiger partial charge in [0.2, 0.25) is 5.88 Å². The van der Waals surface area contributed by atoms with Crippen molar-refractivity contribution in [3.8, 4) is 5.88 Å². The standard InChI is InChI=1S/C19H32N4O2/c1-19(2,3)17-15(7-6-10-25-17)13-23-18(20-4)22-12-14-8-9-16(24-5)21-11-14/h8-9,11,15,17H,6-7,10,12-13H2,1-5H3,(H2,20,22,23). The van der Waals surface area contributed by atoms with Crippen LogP contribution in [0.1, 0.15) is 39.2 Å². The molecule has 1 fully saturated rings. The summed E-state index contributed by atoms with van der Waals surface area (Å²) < 4.78 is 11.1. The van der Waals surface area contributed by atoms with Gasteiger partial charge in [0.25, 0.3) is 0 Å². The summed E-state index contributed by atoms with van der Waals surface area (Å²) in [5.74, 6) is 1.92. The predicted octanol–water partition coefficient (Wildman–Crippen LogP) is 2.60. The van der Waals surface area contributed by atoms with Crippen molar-refractivity contribution in [3.05, 3.63) is 23.9 Å². The van der Waals surface area contributed by atoms with Crippen LogP contribution in [0.5, 0.6) is 5.88 Å². The van der Waals surface area contributed by atoms with E-state index in [4.69, 9.17) is 9.47 Å². The lowest BCUT2D eigenvalue weighted by Crippen LogP contribution is -2.47. The molecule has 0 amide bonds. The van der Waals surface area contributed by atoms with E-state index >= 15 is 0 Å². The highest BCUT2D eigenvalue weighted by molar-refractivity contribution is 5.79. The molecule has 0 saturated carbocycles. The lowest BCUT2D eigenvalue weighted by atomic mass is 9.78. The van der Waals surface area contributed by atoms with Crippen LogP contribution in [0.25, 0.3) is 0 Å². The molecule has 6 heteroatoms. The van der Waals surface area contributed by atoms with Crippen molar-refractivity contribution in [2.45, 2.75) is 46.3 Å². The minimum Gasteiger partial charge on any atom is -0.481 e. The molecule has 2 unspecified atom stereocenters. The second-order valence-electron chi connectivity index (χ2n) is 7.58. The Hall–Kier alpha value is -1.82. The molecule has 1 aromatic rings. The SMILES string of the molecule is CN=C(NCc1ccc(OC)nc1)NCC1CCCOC1C(C)(C)C. The monoisotopic (exact) mass is 348 g/mol. The molecule has 2 atom stereocenters. The average Bonchev–Trinajstić information content (AvgIpc) is 2.62. The number of nitrogens with one attached hydrogen (secondary N) is 2. The molecule has 6 nitrogen and oxygen atoms in total. The molecule has 0 aliphatic carbocycles. The molecule has 0 spiro atoms. The minimum absolute atomic E-state index is 0.151. The van der Waals surface area contributed by atoms with E-state index in [1.807, 2.05) is 18.3 Å². The van der Waals surface area contributed by atoms with E-state index in [9.17, 15) is 0 Å². The molecule has 25 heavy (non-hydrogen) atoms. The van der Waals surface area contributed by atoms with E-state index in [2.05, 4.69) is 41.4 Å². The van der Waals surface area contributed by atoms with Crippen molar-refractivity contribution in [2.24, 2.45) is 16.3 Å². The summed E-state index contributed by atoms with van der Waals surface area (Å²) in [7, 11) is 3.41. The van der Waals surface area contributed by atoms with Crippen LogP contribution in [0, 0.1) is 11.3 Å². The molecule has 0 radical (unpaired) electrons. The Balaban J connectivity index is 1.84. The molecular formula is C19H32N4O2. The van der Waals surface area contributed by atoms with Crippen molar-refractivity contribution in [3.63, 3.8) is 0 Å². The van der Waals surface area contributed by atoms with Gasteiger partial charge in [0.1, 0.15) is 0 Å². The van der Waals surface area contributed by atoms with Crippen LogP contribution < -0.4 is 15.4 Å². The van der Waals surface area contributed by atoms with Crippen molar-refractivity contribution in [1.29, 1.82) is 0 Å². The van der Waals surface area contributed by atoms with Gasteiger partial charge < -0.3 is 20.1 Å². The van der Waals surface area contributed by atoms with Crippen LogP contribution in [-0.4, -0.2) is 44.4 Å². The summed E-state index contributed by atoms with van der Waals surface area (Å²) >= 11 is 0. The maximum Gasteiger partial charge on any atom is 0.212 e. The molecule has 2 N–H and O–H groups in total. The van der Waals surface area contributed by atoms with Gasteiger partial charge in [0, 0.05) is 44.9 Å². The number of pyridine rings is 1. The first kappa shape index (κ1) is 19.5. The predicted molar refractivity (Wildman–Crippen MR) is 101 cm³/mol. The lowest BCUT2D eigenvalue weighted by Gasteiger charge is -2.40. The summed E-state index contributed by atoms with van der Waals surface area (Å²) in [6.07, 6.45) is 4.40. The van der Waals surface area contributed by atoms with Crippen LogP contribution in [0.4, 0.5) is 0 Å². The Labute approximate surface area is 151 Å². The molecule has 0 bridgehead atoms. The van der Waals surface area contributed by atoms with Gasteiger partial charge in [0.05, 0.1) is 13.2 Å². The third-order valence-electron chi connectivity index (χ3n) is 4.52. The summed E-state index contributed by atoms with van der Waals surface area (Å²) in [6.45, 7) is 9.15. The Bertz CT molecular complexity index is 552. The maximum absolute atomic E-state index is 6.05. The van der Waals surface area contributed by atoms with Gasteiger partial charge in [0.15, 0.2) is 5.96 Å². The summed E-state index contributed by atoms with van der Waals surface area (Å²) in [5, 5.41) is 6.78. The fourth-order valence-electron chi connectivity index (χ4n) is 3.28. The first-order valence-corrected chi connectivity index (χ1v) is 8.99. The Morgan fingerprint density at radius 3 is 2.76 bits per heavy atom. The Morgan fingerprint density at radius 1 is 1.36 bits per heavy atom. The fraction of sp³-hybridized carbons (Fsp3) is 0.684. The average molecular weight is 348 g/mol. The number of methoxy groups -OCH3 is 1. The van der Waals surface area contributed by atoms with E-state index in [1.165, 1.54) is 6.42 Å². The molecule has 1 aromatic heterocycles. The van der Waals surface area contributed by atoms with Crippen LogP contribution in [0.2, 0.25) is 0 Å². The van der Waals surface area contributed by atoms with Gasteiger partial charge in [-0.2, -0.15) is 0 Å². The third-order valence-corrected chi connectivity index (χ3v) is 4.52. The van der Waals surface area contributed by atoms with Gasteiger partial charge in [-0.1, -0.05) is 26.8 Å².